The molecule has 0 amide bonds. The van der Waals surface area contributed by atoms with Crippen LogP contribution >= 0.6 is 0 Å². The molecule has 1 atom stereocenters. The van der Waals surface area contributed by atoms with Crippen molar-refractivity contribution < 1.29 is 12.8 Å². The van der Waals surface area contributed by atoms with Gasteiger partial charge in [-0.1, -0.05) is 18.2 Å². The van der Waals surface area contributed by atoms with Crippen molar-refractivity contribution in [2.24, 2.45) is 0 Å². The van der Waals surface area contributed by atoms with Crippen LogP contribution in [0.5, 0.6) is 0 Å². The standard InChI is InChI=1S/C20H22FN3O2S/c1-15(13-22-10-8-16-2-5-19(21)6-3-16)24-27(25,26)20-7-4-18-14-23-11-9-17(18)12-20/h2-7,9,11-12,14-15,22,24H,8,10,13H2,1H3/t15-/m1/s1. The molecule has 142 valence electrons. The number of pyridine rings is 1. The molecule has 0 fully saturated rings. The van der Waals surface area contributed by atoms with Crippen LogP contribution in [0.25, 0.3) is 10.8 Å². The predicted molar refractivity (Wildman–Crippen MR) is 105 cm³/mol. The summed E-state index contributed by atoms with van der Waals surface area (Å²) in [6.07, 6.45) is 4.09. The van der Waals surface area contributed by atoms with Gasteiger partial charge in [-0.15, -0.1) is 0 Å². The van der Waals surface area contributed by atoms with Crippen molar-refractivity contribution in [3.63, 3.8) is 0 Å². The van der Waals surface area contributed by atoms with Crippen LogP contribution in [0.3, 0.4) is 0 Å². The summed E-state index contributed by atoms with van der Waals surface area (Å²) in [6.45, 7) is 2.99. The highest BCUT2D eigenvalue weighted by Crippen LogP contribution is 2.18. The van der Waals surface area contributed by atoms with Gasteiger partial charge in [-0.25, -0.2) is 17.5 Å². The van der Waals surface area contributed by atoms with Crippen molar-refractivity contribution in [2.45, 2.75) is 24.3 Å². The van der Waals surface area contributed by atoms with Gasteiger partial charge in [0.25, 0.3) is 0 Å². The molecule has 7 heteroatoms. The lowest BCUT2D eigenvalue weighted by Crippen LogP contribution is -2.40. The molecule has 0 aliphatic heterocycles. The fourth-order valence-corrected chi connectivity index (χ4v) is 4.08. The number of hydrogen-bond donors (Lipinski definition) is 2. The molecule has 0 unspecified atom stereocenters. The van der Waals surface area contributed by atoms with Crippen LogP contribution in [-0.2, 0) is 16.4 Å². The average molecular weight is 387 g/mol. The van der Waals surface area contributed by atoms with Crippen LogP contribution in [0.15, 0.2) is 65.8 Å². The van der Waals surface area contributed by atoms with Crippen molar-refractivity contribution in [3.05, 3.63) is 72.3 Å². The Bertz CT molecular complexity index is 1010. The zero-order valence-electron chi connectivity index (χ0n) is 15.0. The van der Waals surface area contributed by atoms with E-state index in [1.165, 1.54) is 12.1 Å². The van der Waals surface area contributed by atoms with Gasteiger partial charge in [0.05, 0.1) is 4.90 Å². The maximum absolute atomic E-state index is 12.9. The topological polar surface area (TPSA) is 71.1 Å². The summed E-state index contributed by atoms with van der Waals surface area (Å²) in [4.78, 5) is 4.26. The Morgan fingerprint density at radius 1 is 1.07 bits per heavy atom. The first-order chi connectivity index (χ1) is 12.9. The van der Waals surface area contributed by atoms with Gasteiger partial charge in [0.2, 0.25) is 10.0 Å². The monoisotopic (exact) mass is 387 g/mol. The molecule has 0 aliphatic carbocycles. The predicted octanol–water partition coefficient (Wildman–Crippen LogP) is 2.87. The van der Waals surface area contributed by atoms with E-state index in [4.69, 9.17) is 0 Å². The van der Waals surface area contributed by atoms with Crippen LogP contribution in [0.1, 0.15) is 12.5 Å². The second-order valence-corrected chi connectivity index (χ2v) is 8.20. The molecule has 0 bridgehead atoms. The Balaban J connectivity index is 1.52. The minimum Gasteiger partial charge on any atom is -0.315 e. The highest BCUT2D eigenvalue weighted by Gasteiger charge is 2.17. The van der Waals surface area contributed by atoms with Crippen molar-refractivity contribution in [1.82, 2.24) is 15.0 Å². The van der Waals surface area contributed by atoms with Gasteiger partial charge < -0.3 is 5.32 Å². The highest BCUT2D eigenvalue weighted by molar-refractivity contribution is 7.89. The Kier molecular flexibility index (Phi) is 6.15. The maximum atomic E-state index is 12.9. The summed E-state index contributed by atoms with van der Waals surface area (Å²) >= 11 is 0. The Morgan fingerprint density at radius 3 is 2.63 bits per heavy atom. The lowest BCUT2D eigenvalue weighted by molar-refractivity contribution is 0.537. The van der Waals surface area contributed by atoms with Gasteiger partial charge in [-0.05, 0) is 61.2 Å². The SMILES string of the molecule is C[C@H](CNCCc1ccc(F)cc1)NS(=O)(=O)c1ccc2cnccc2c1. The first-order valence-electron chi connectivity index (χ1n) is 8.75. The van der Waals surface area contributed by atoms with Gasteiger partial charge in [-0.3, -0.25) is 4.98 Å². The summed E-state index contributed by atoms with van der Waals surface area (Å²) in [5.74, 6) is -0.250. The minimum atomic E-state index is -3.60. The maximum Gasteiger partial charge on any atom is 0.240 e. The molecule has 5 nitrogen and oxygen atoms in total. The van der Waals surface area contributed by atoms with Crippen molar-refractivity contribution in [2.75, 3.05) is 13.1 Å². The van der Waals surface area contributed by atoms with E-state index in [1.54, 1.807) is 48.8 Å². The van der Waals surface area contributed by atoms with E-state index in [-0.39, 0.29) is 16.8 Å². The van der Waals surface area contributed by atoms with E-state index in [2.05, 4.69) is 15.0 Å². The molecule has 0 saturated carbocycles. The summed E-state index contributed by atoms with van der Waals surface area (Å²) in [5.41, 5.74) is 1.03. The number of sulfonamides is 1. The summed E-state index contributed by atoms with van der Waals surface area (Å²) in [5, 5.41) is 4.95. The van der Waals surface area contributed by atoms with E-state index >= 15 is 0 Å². The number of halogens is 1. The summed E-state index contributed by atoms with van der Waals surface area (Å²) in [7, 11) is -3.60. The number of hydrogen-bond acceptors (Lipinski definition) is 4. The zero-order chi connectivity index (χ0) is 19.3. The molecule has 1 heterocycles. The molecule has 0 aliphatic rings. The van der Waals surface area contributed by atoms with Gasteiger partial charge in [0.15, 0.2) is 0 Å². The van der Waals surface area contributed by atoms with Crippen molar-refractivity contribution in [1.29, 1.82) is 0 Å². The summed E-state index contributed by atoms with van der Waals surface area (Å²) in [6, 6.07) is 12.9. The molecule has 2 N–H and O–H groups in total. The third-order valence-electron chi connectivity index (χ3n) is 4.23. The molecule has 1 aromatic heterocycles. The van der Waals surface area contributed by atoms with Gasteiger partial charge in [0, 0.05) is 30.4 Å². The molecular formula is C20H22FN3O2S. The largest absolute Gasteiger partial charge is 0.315 e. The molecular weight excluding hydrogens is 365 g/mol. The second-order valence-electron chi connectivity index (χ2n) is 6.49. The molecule has 0 spiro atoms. The fourth-order valence-electron chi connectivity index (χ4n) is 2.81. The third-order valence-corrected chi connectivity index (χ3v) is 5.82. The smallest absolute Gasteiger partial charge is 0.240 e. The van der Waals surface area contributed by atoms with Crippen LogP contribution < -0.4 is 10.0 Å². The van der Waals surface area contributed by atoms with Crippen LogP contribution in [-0.4, -0.2) is 32.5 Å². The molecule has 0 saturated heterocycles. The molecule has 27 heavy (non-hydrogen) atoms. The van der Waals surface area contributed by atoms with Crippen molar-refractivity contribution in [3.8, 4) is 0 Å². The average Bonchev–Trinajstić information content (AvgIpc) is 2.66. The van der Waals surface area contributed by atoms with Crippen molar-refractivity contribution >= 4 is 20.8 Å². The van der Waals surface area contributed by atoms with E-state index < -0.39 is 10.0 Å². The van der Waals surface area contributed by atoms with Crippen LogP contribution in [0, 0.1) is 5.82 Å². The second kappa shape index (κ2) is 8.56. The third kappa shape index (κ3) is 5.32. The normalized spacial score (nSPS) is 13.0. The Hall–Kier alpha value is -2.35. The fraction of sp³-hybridized carbons (Fsp3) is 0.250. The molecule has 0 radical (unpaired) electrons. The lowest BCUT2D eigenvalue weighted by atomic mass is 10.1. The number of benzene rings is 2. The number of fused-ring (bicyclic) bond motifs is 1. The first kappa shape index (κ1) is 19.4. The highest BCUT2D eigenvalue weighted by atomic mass is 32.2. The lowest BCUT2D eigenvalue weighted by Gasteiger charge is -2.15. The van der Waals surface area contributed by atoms with Crippen LogP contribution in [0.2, 0.25) is 0 Å². The van der Waals surface area contributed by atoms with E-state index in [9.17, 15) is 12.8 Å². The summed E-state index contributed by atoms with van der Waals surface area (Å²) < 4.78 is 40.7. The number of nitrogens with zero attached hydrogens (tertiary/aromatic N) is 1. The number of aromatic nitrogens is 1. The van der Waals surface area contributed by atoms with E-state index in [1.807, 2.05) is 6.92 Å². The molecule has 3 aromatic rings. The van der Waals surface area contributed by atoms with E-state index in [0.717, 1.165) is 22.8 Å². The quantitative estimate of drug-likeness (QED) is 0.583. The number of rotatable bonds is 8. The Labute approximate surface area is 158 Å². The van der Waals surface area contributed by atoms with Gasteiger partial charge >= 0.3 is 0 Å². The van der Waals surface area contributed by atoms with E-state index in [0.29, 0.717) is 13.1 Å². The zero-order valence-corrected chi connectivity index (χ0v) is 15.8. The number of nitrogens with one attached hydrogen (secondary N) is 2. The molecule has 3 rings (SSSR count). The van der Waals surface area contributed by atoms with Crippen LogP contribution in [0.4, 0.5) is 4.39 Å². The van der Waals surface area contributed by atoms with Gasteiger partial charge in [-0.2, -0.15) is 0 Å². The van der Waals surface area contributed by atoms with Gasteiger partial charge in [0.1, 0.15) is 5.82 Å². The minimum absolute atomic E-state index is 0.236. The Morgan fingerprint density at radius 2 is 1.85 bits per heavy atom. The first-order valence-corrected chi connectivity index (χ1v) is 10.2. The molecule has 2 aromatic carbocycles.